The highest BCUT2D eigenvalue weighted by atomic mass is 14.4. The standard InChI is InChI=1S/C75H58/c1-75(2)67-35-19-18-22-53(67)54-45-44-52(46-68(54)75)74-65-33-16-14-31-63(65)73(64-32-15-17-34-66(64)74)51-42-40-50(41-43-51)72-61-29-12-10-27-59(61)71(60-28-11-13-30-62(60)72)49-38-36-48(37-39-49)70-57-25-8-6-23-55(57)69(47-20-4-3-5-21-47)56-24-7-9-26-58(56)70/h3-36,38,40,42,44-46,55,57,63,65H,37,39,41,43H2,1-2H3. The van der Waals surface area contributed by atoms with Gasteiger partial charge in [0, 0.05) is 29.1 Å². The zero-order chi connectivity index (χ0) is 49.8. The van der Waals surface area contributed by atoms with Crippen molar-refractivity contribution < 1.29 is 0 Å². The van der Waals surface area contributed by atoms with E-state index in [2.05, 4.69) is 257 Å². The normalized spacial score (nSPS) is 21.6. The van der Waals surface area contributed by atoms with Gasteiger partial charge in [0.05, 0.1) is 0 Å². The number of benzene rings is 8. The Labute approximate surface area is 440 Å². The Bertz CT molecular complexity index is 4260. The third kappa shape index (κ3) is 6.82. The summed E-state index contributed by atoms with van der Waals surface area (Å²) in [6.07, 6.45) is 32.8. The third-order valence-electron chi connectivity index (χ3n) is 18.2. The molecule has 0 fully saturated rings. The van der Waals surface area contributed by atoms with Gasteiger partial charge in [-0.15, -0.1) is 0 Å². The van der Waals surface area contributed by atoms with Crippen LogP contribution in [0.4, 0.5) is 0 Å². The molecule has 0 heterocycles. The average Bonchev–Trinajstić information content (AvgIpc) is 3.70. The molecule has 0 saturated carbocycles. The van der Waals surface area contributed by atoms with E-state index < -0.39 is 0 Å². The molecule has 0 N–H and O–H groups in total. The van der Waals surface area contributed by atoms with Crippen LogP contribution in [0.1, 0.15) is 72.9 Å². The third-order valence-corrected chi connectivity index (χ3v) is 18.2. The minimum atomic E-state index is -0.0528. The van der Waals surface area contributed by atoms with Gasteiger partial charge in [0.25, 0.3) is 0 Å². The molecule has 0 spiro atoms. The molecule has 0 amide bonds. The molecule has 0 aliphatic heterocycles. The second-order valence-electron chi connectivity index (χ2n) is 22.3. The summed E-state index contributed by atoms with van der Waals surface area (Å²) in [5.41, 5.74) is 22.6. The van der Waals surface area contributed by atoms with Crippen LogP contribution in [0, 0.1) is 23.7 Å². The molecule has 0 bridgehead atoms. The van der Waals surface area contributed by atoms with Gasteiger partial charge in [-0.2, -0.15) is 0 Å². The summed E-state index contributed by atoms with van der Waals surface area (Å²) < 4.78 is 0. The smallest absolute Gasteiger partial charge is 0.0159 e. The first-order valence-corrected chi connectivity index (χ1v) is 27.4. The molecule has 0 aromatic heterocycles. The molecule has 0 radical (unpaired) electrons. The lowest BCUT2D eigenvalue weighted by molar-refractivity contribution is 0.658. The van der Waals surface area contributed by atoms with Crippen LogP contribution < -0.4 is 20.9 Å². The Morgan fingerprint density at radius 2 is 0.693 bits per heavy atom. The Morgan fingerprint density at radius 3 is 1.17 bits per heavy atom. The highest BCUT2D eigenvalue weighted by molar-refractivity contribution is 6.16. The van der Waals surface area contributed by atoms with Crippen molar-refractivity contribution in [3.05, 3.63) is 308 Å². The van der Waals surface area contributed by atoms with E-state index in [0.717, 1.165) is 25.7 Å². The molecular weight excluding hydrogens is 901 g/mol. The minimum absolute atomic E-state index is 0.0528. The molecule has 7 aliphatic rings. The van der Waals surface area contributed by atoms with Crippen LogP contribution in [0.3, 0.4) is 0 Å². The number of hydrogen-bond acceptors (Lipinski definition) is 0. The molecule has 4 unspecified atom stereocenters. The van der Waals surface area contributed by atoms with Gasteiger partial charge < -0.3 is 0 Å². The van der Waals surface area contributed by atoms with E-state index in [9.17, 15) is 0 Å². The summed E-state index contributed by atoms with van der Waals surface area (Å²) in [5.74, 6) is 1.09. The second-order valence-corrected chi connectivity index (χ2v) is 22.3. The predicted octanol–water partition coefficient (Wildman–Crippen LogP) is 15.4. The van der Waals surface area contributed by atoms with Gasteiger partial charge in [0.15, 0.2) is 0 Å². The van der Waals surface area contributed by atoms with Crippen molar-refractivity contribution in [2.75, 3.05) is 0 Å². The maximum atomic E-state index is 2.53. The molecule has 8 aromatic carbocycles. The summed E-state index contributed by atoms with van der Waals surface area (Å²) in [6.45, 7) is 4.79. The molecule has 15 rings (SSSR count). The fraction of sp³-hybridized carbons (Fsp3) is 0.147. The number of rotatable bonds is 6. The molecule has 7 aliphatic carbocycles. The van der Waals surface area contributed by atoms with E-state index in [1.165, 1.54) is 132 Å². The predicted molar refractivity (Wildman–Crippen MR) is 316 cm³/mol. The Balaban J connectivity index is 0.844. The van der Waals surface area contributed by atoms with E-state index in [0.29, 0.717) is 11.8 Å². The van der Waals surface area contributed by atoms with Gasteiger partial charge in [-0.05, 0) is 163 Å². The zero-order valence-electron chi connectivity index (χ0n) is 42.7. The van der Waals surface area contributed by atoms with Gasteiger partial charge in [0.2, 0.25) is 0 Å². The van der Waals surface area contributed by atoms with E-state index in [1.807, 2.05) is 0 Å². The molecule has 4 atom stereocenters. The highest BCUT2D eigenvalue weighted by Gasteiger charge is 2.38. The van der Waals surface area contributed by atoms with Crippen molar-refractivity contribution in [1.82, 2.24) is 0 Å². The van der Waals surface area contributed by atoms with E-state index >= 15 is 0 Å². The molecule has 0 heteroatoms. The van der Waals surface area contributed by atoms with Crippen LogP contribution in [0.15, 0.2) is 254 Å². The summed E-state index contributed by atoms with van der Waals surface area (Å²) in [5, 5.41) is 10.9. The van der Waals surface area contributed by atoms with Gasteiger partial charge >= 0.3 is 0 Å². The number of fused-ring (bicyclic) bond motifs is 9. The first kappa shape index (κ1) is 44.2. The molecular formula is C75H58. The van der Waals surface area contributed by atoms with Gasteiger partial charge in [-0.1, -0.05) is 251 Å². The first-order chi connectivity index (χ1) is 37.0. The molecule has 75 heavy (non-hydrogen) atoms. The highest BCUT2D eigenvalue weighted by Crippen LogP contribution is 2.52. The maximum Gasteiger partial charge on any atom is 0.0159 e. The summed E-state index contributed by atoms with van der Waals surface area (Å²) in [7, 11) is 0. The lowest BCUT2D eigenvalue weighted by Crippen LogP contribution is -2.40. The molecule has 8 aromatic rings. The van der Waals surface area contributed by atoms with Crippen LogP contribution in [0.2, 0.25) is 0 Å². The number of hydrogen-bond donors (Lipinski definition) is 0. The molecule has 358 valence electrons. The van der Waals surface area contributed by atoms with E-state index in [-0.39, 0.29) is 17.3 Å². The topological polar surface area (TPSA) is 0 Å². The Hall–Kier alpha value is -8.32. The first-order valence-electron chi connectivity index (χ1n) is 27.4. The second kappa shape index (κ2) is 17.4. The van der Waals surface area contributed by atoms with Crippen LogP contribution in [-0.2, 0) is 5.41 Å². The summed E-state index contributed by atoms with van der Waals surface area (Å²) in [4.78, 5) is 0. The zero-order valence-corrected chi connectivity index (χ0v) is 42.7. The van der Waals surface area contributed by atoms with E-state index in [1.54, 1.807) is 0 Å². The number of allylic oxidation sites excluding steroid dienone is 16. The lowest BCUT2D eigenvalue weighted by Gasteiger charge is -2.35. The van der Waals surface area contributed by atoms with Crippen molar-refractivity contribution in [2.24, 2.45) is 23.7 Å². The quantitative estimate of drug-likeness (QED) is 0.146. The summed E-state index contributed by atoms with van der Waals surface area (Å²) >= 11 is 0. The monoisotopic (exact) mass is 958 g/mol. The maximum absolute atomic E-state index is 2.53. The van der Waals surface area contributed by atoms with Gasteiger partial charge in [0.1, 0.15) is 0 Å². The van der Waals surface area contributed by atoms with Crippen molar-refractivity contribution in [3.63, 3.8) is 0 Å². The van der Waals surface area contributed by atoms with Crippen LogP contribution in [0.25, 0.3) is 66.1 Å². The fourth-order valence-corrected chi connectivity index (χ4v) is 14.9. The van der Waals surface area contributed by atoms with Crippen molar-refractivity contribution >= 4 is 55.0 Å². The average molecular weight is 959 g/mol. The van der Waals surface area contributed by atoms with Crippen molar-refractivity contribution in [2.45, 2.75) is 44.9 Å². The Morgan fingerprint density at radius 1 is 0.320 bits per heavy atom. The molecule has 0 nitrogen and oxygen atoms in total. The van der Waals surface area contributed by atoms with Crippen LogP contribution in [0.5, 0.6) is 0 Å². The van der Waals surface area contributed by atoms with Crippen molar-refractivity contribution in [3.8, 4) is 11.1 Å². The minimum Gasteiger partial charge on any atom is -0.0761 e. The van der Waals surface area contributed by atoms with Crippen molar-refractivity contribution in [1.29, 1.82) is 0 Å². The Kier molecular flexibility index (Phi) is 10.2. The lowest BCUT2D eigenvalue weighted by atomic mass is 9.68. The SMILES string of the molecule is CC1(C)c2ccccc2-c2ccc(C3=c4ccccc4=C(C4=CC=C(c5c6ccccc6c(C6=CC=C(C7=c8ccccc8=C(c8ccccc8)C8C=CC=CC78)CC6)c6ccccc56)CC4)C4C=CC=CC34)cc21. The van der Waals surface area contributed by atoms with Crippen LogP contribution in [-0.4, -0.2) is 0 Å². The van der Waals surface area contributed by atoms with Gasteiger partial charge in [-0.3, -0.25) is 0 Å². The van der Waals surface area contributed by atoms with E-state index in [4.69, 9.17) is 0 Å². The fourth-order valence-electron chi connectivity index (χ4n) is 14.9. The largest absolute Gasteiger partial charge is 0.0761 e. The summed E-state index contributed by atoms with van der Waals surface area (Å²) in [6, 6.07) is 64.3. The molecule has 0 saturated heterocycles. The van der Waals surface area contributed by atoms with Crippen LogP contribution >= 0.6 is 0 Å². The van der Waals surface area contributed by atoms with Gasteiger partial charge in [-0.25, -0.2) is 0 Å².